The van der Waals surface area contributed by atoms with Crippen LogP contribution in [0.4, 0.5) is 5.13 Å². The smallest absolute Gasteiger partial charge is 0.206 e. The minimum atomic E-state index is 0.287. The zero-order valence-electron chi connectivity index (χ0n) is 11.4. The third-order valence-corrected chi connectivity index (χ3v) is 5.12. The molecule has 0 unspecified atom stereocenters. The van der Waals surface area contributed by atoms with Crippen molar-refractivity contribution in [3.63, 3.8) is 0 Å². The molecular weight excluding hydrogens is 330 g/mol. The summed E-state index contributed by atoms with van der Waals surface area (Å²) in [5.41, 5.74) is 2.06. The maximum Gasteiger partial charge on any atom is 0.206 e. The van der Waals surface area contributed by atoms with Crippen molar-refractivity contribution in [1.29, 1.82) is 0 Å². The lowest BCUT2D eigenvalue weighted by atomic mass is 10.1. The van der Waals surface area contributed by atoms with Gasteiger partial charge in [-0.2, -0.15) is 0 Å². The van der Waals surface area contributed by atoms with Gasteiger partial charge in [0.1, 0.15) is 5.75 Å². The Morgan fingerprint density at radius 3 is 3.19 bits per heavy atom. The van der Waals surface area contributed by atoms with Crippen molar-refractivity contribution < 1.29 is 9.47 Å². The van der Waals surface area contributed by atoms with Crippen LogP contribution in [0.1, 0.15) is 18.1 Å². The second kappa shape index (κ2) is 6.83. The molecule has 2 heterocycles. The van der Waals surface area contributed by atoms with Crippen molar-refractivity contribution >= 4 is 39.8 Å². The monoisotopic (exact) mass is 343 g/mol. The molecule has 1 aromatic heterocycles. The van der Waals surface area contributed by atoms with Gasteiger partial charge in [-0.05, 0) is 19.1 Å². The molecule has 0 radical (unpaired) electrons. The van der Waals surface area contributed by atoms with E-state index < -0.39 is 0 Å². The maximum atomic E-state index is 6.15. The predicted molar refractivity (Wildman–Crippen MR) is 85.4 cm³/mol. The molecule has 1 aliphatic rings. The van der Waals surface area contributed by atoms with Crippen molar-refractivity contribution in [1.82, 2.24) is 10.2 Å². The molecule has 1 aromatic carbocycles. The number of aromatic nitrogens is 2. The summed E-state index contributed by atoms with van der Waals surface area (Å²) in [4.78, 5) is 0. The highest BCUT2D eigenvalue weighted by atomic mass is 35.5. The molecule has 1 N–H and O–H groups in total. The first-order valence-corrected chi connectivity index (χ1v) is 8.66. The molecule has 0 saturated heterocycles. The molecule has 0 atom stereocenters. The molecular formula is C13H14ClN3O2S2. The molecule has 5 nitrogen and oxygen atoms in total. The summed E-state index contributed by atoms with van der Waals surface area (Å²) >= 11 is 9.33. The SMILES string of the molecule is CCNc1nnc(SCc2cc(Cl)cc3c2OCOC3)s1. The molecule has 8 heteroatoms. The van der Waals surface area contributed by atoms with Crippen LogP contribution in [0.2, 0.25) is 5.02 Å². The summed E-state index contributed by atoms with van der Waals surface area (Å²) in [7, 11) is 0. The normalized spacial score (nSPS) is 13.6. The maximum absolute atomic E-state index is 6.15. The van der Waals surface area contributed by atoms with Gasteiger partial charge in [-0.1, -0.05) is 34.7 Å². The summed E-state index contributed by atoms with van der Waals surface area (Å²) in [5, 5.41) is 12.9. The van der Waals surface area contributed by atoms with Gasteiger partial charge in [0.25, 0.3) is 0 Å². The second-order valence-electron chi connectivity index (χ2n) is 4.36. The van der Waals surface area contributed by atoms with Crippen molar-refractivity contribution in [3.05, 3.63) is 28.3 Å². The van der Waals surface area contributed by atoms with Crippen molar-refractivity contribution in [3.8, 4) is 5.75 Å². The second-order valence-corrected chi connectivity index (χ2v) is 6.99. The van der Waals surface area contributed by atoms with Crippen LogP contribution in [-0.2, 0) is 17.1 Å². The Kier molecular flexibility index (Phi) is 4.84. The van der Waals surface area contributed by atoms with Crippen molar-refractivity contribution in [2.75, 3.05) is 18.7 Å². The van der Waals surface area contributed by atoms with E-state index in [-0.39, 0.29) is 6.79 Å². The van der Waals surface area contributed by atoms with Gasteiger partial charge < -0.3 is 14.8 Å². The summed E-state index contributed by atoms with van der Waals surface area (Å²) in [5.74, 6) is 1.62. The minimum absolute atomic E-state index is 0.287. The number of hydrogen-bond donors (Lipinski definition) is 1. The fourth-order valence-electron chi connectivity index (χ4n) is 1.99. The molecule has 2 aromatic rings. The Bertz CT molecular complexity index is 636. The highest BCUT2D eigenvalue weighted by Gasteiger charge is 2.17. The Hall–Kier alpha value is -1.02. The van der Waals surface area contributed by atoms with Crippen LogP contribution in [0.5, 0.6) is 5.75 Å². The van der Waals surface area contributed by atoms with E-state index in [2.05, 4.69) is 15.5 Å². The van der Waals surface area contributed by atoms with Crippen LogP contribution in [0.15, 0.2) is 16.5 Å². The zero-order chi connectivity index (χ0) is 14.7. The van der Waals surface area contributed by atoms with Crippen molar-refractivity contribution in [2.45, 2.75) is 23.6 Å². The number of thioether (sulfide) groups is 1. The lowest BCUT2D eigenvalue weighted by Gasteiger charge is -2.20. The van der Waals surface area contributed by atoms with E-state index in [1.54, 1.807) is 23.1 Å². The lowest BCUT2D eigenvalue weighted by molar-refractivity contribution is -0.0168. The molecule has 0 aliphatic carbocycles. The molecule has 1 aliphatic heterocycles. The first kappa shape index (κ1) is 14.9. The number of nitrogens with one attached hydrogen (secondary N) is 1. The fraction of sp³-hybridized carbons (Fsp3) is 0.385. The Balaban J connectivity index is 1.73. The van der Waals surface area contributed by atoms with E-state index in [9.17, 15) is 0 Å². The number of ether oxygens (including phenoxy) is 2. The van der Waals surface area contributed by atoms with E-state index in [1.807, 2.05) is 19.1 Å². The van der Waals surface area contributed by atoms with Crippen LogP contribution in [0, 0.1) is 0 Å². The van der Waals surface area contributed by atoms with Gasteiger partial charge in [0.15, 0.2) is 11.1 Å². The van der Waals surface area contributed by atoms with E-state index in [1.165, 1.54) is 0 Å². The molecule has 0 saturated carbocycles. The van der Waals surface area contributed by atoms with Crippen LogP contribution in [-0.4, -0.2) is 23.5 Å². The largest absolute Gasteiger partial charge is 0.467 e. The predicted octanol–water partition coefficient (Wildman–Crippen LogP) is 3.78. The average molecular weight is 344 g/mol. The van der Waals surface area contributed by atoms with Gasteiger partial charge in [-0.3, -0.25) is 0 Å². The van der Waals surface area contributed by atoms with E-state index in [0.29, 0.717) is 11.6 Å². The summed E-state index contributed by atoms with van der Waals surface area (Å²) in [6, 6.07) is 3.82. The van der Waals surface area contributed by atoms with Gasteiger partial charge in [-0.15, -0.1) is 10.2 Å². The number of halogens is 1. The molecule has 0 amide bonds. The quantitative estimate of drug-likeness (QED) is 0.834. The molecule has 0 bridgehead atoms. The summed E-state index contributed by atoms with van der Waals surface area (Å²) < 4.78 is 11.8. The number of anilines is 1. The van der Waals surface area contributed by atoms with E-state index in [0.717, 1.165) is 38.6 Å². The van der Waals surface area contributed by atoms with Crippen LogP contribution < -0.4 is 10.1 Å². The van der Waals surface area contributed by atoms with Gasteiger partial charge in [0.2, 0.25) is 5.13 Å². The fourth-order valence-corrected chi connectivity index (χ4v) is 4.04. The van der Waals surface area contributed by atoms with Crippen LogP contribution in [0.3, 0.4) is 0 Å². The first-order chi connectivity index (χ1) is 10.3. The standard InChI is InChI=1S/C13H14ClN3O2S2/c1-2-15-12-16-17-13(21-12)20-6-9-4-10(14)3-8-5-18-7-19-11(8)9/h3-4H,2,5-7H2,1H3,(H,15,16). The number of nitrogens with zero attached hydrogens (tertiary/aromatic N) is 2. The van der Waals surface area contributed by atoms with E-state index >= 15 is 0 Å². The third kappa shape index (κ3) is 3.60. The molecule has 0 spiro atoms. The summed E-state index contributed by atoms with van der Waals surface area (Å²) in [6.45, 7) is 3.70. The Morgan fingerprint density at radius 2 is 2.33 bits per heavy atom. The topological polar surface area (TPSA) is 56.3 Å². The Morgan fingerprint density at radius 1 is 1.43 bits per heavy atom. The average Bonchev–Trinajstić information content (AvgIpc) is 2.93. The lowest BCUT2D eigenvalue weighted by Crippen LogP contribution is -2.12. The zero-order valence-corrected chi connectivity index (χ0v) is 13.8. The molecule has 0 fully saturated rings. The minimum Gasteiger partial charge on any atom is -0.467 e. The van der Waals surface area contributed by atoms with Gasteiger partial charge in [0.05, 0.1) is 6.61 Å². The molecule has 112 valence electrons. The van der Waals surface area contributed by atoms with Gasteiger partial charge >= 0.3 is 0 Å². The number of rotatable bonds is 5. The summed E-state index contributed by atoms with van der Waals surface area (Å²) in [6.07, 6.45) is 0. The van der Waals surface area contributed by atoms with E-state index in [4.69, 9.17) is 21.1 Å². The highest BCUT2D eigenvalue weighted by Crippen LogP contribution is 2.36. The third-order valence-electron chi connectivity index (χ3n) is 2.84. The first-order valence-electron chi connectivity index (χ1n) is 6.48. The Labute approximate surface area is 136 Å². The molecule has 21 heavy (non-hydrogen) atoms. The van der Waals surface area contributed by atoms with Crippen molar-refractivity contribution in [2.24, 2.45) is 0 Å². The number of fused-ring (bicyclic) bond motifs is 1. The number of benzene rings is 1. The molecule has 3 rings (SSSR count). The van der Waals surface area contributed by atoms with Gasteiger partial charge in [-0.25, -0.2) is 0 Å². The van der Waals surface area contributed by atoms with Crippen LogP contribution in [0.25, 0.3) is 0 Å². The highest BCUT2D eigenvalue weighted by molar-refractivity contribution is 8.00. The number of hydrogen-bond acceptors (Lipinski definition) is 7. The van der Waals surface area contributed by atoms with Gasteiger partial charge in [0, 0.05) is 28.4 Å². The van der Waals surface area contributed by atoms with Crippen LogP contribution >= 0.6 is 34.7 Å².